The number of anilines is 1. The van der Waals surface area contributed by atoms with Gasteiger partial charge in [-0.2, -0.15) is 0 Å². The van der Waals surface area contributed by atoms with Crippen LogP contribution in [0, 0.1) is 5.92 Å². The normalized spacial score (nSPS) is 17.5. The van der Waals surface area contributed by atoms with Gasteiger partial charge in [-0.3, -0.25) is 0 Å². The Bertz CT molecular complexity index is 603. The van der Waals surface area contributed by atoms with E-state index in [1.54, 1.807) is 6.07 Å². The molecular weight excluding hydrogens is 274 g/mol. The van der Waals surface area contributed by atoms with Gasteiger partial charge >= 0.3 is 0 Å². The molecule has 1 atom stereocenters. The average Bonchev–Trinajstić information content (AvgIpc) is 3.09. The molecule has 1 aromatic carbocycles. The molecule has 3 rings (SSSR count). The number of hydrogen-bond acceptors (Lipinski definition) is 4. The number of nitrogens with zero attached hydrogens (tertiary/aromatic N) is 4. The number of nitrogens with two attached hydrogens (primary N) is 1. The van der Waals surface area contributed by atoms with Crippen LogP contribution in [0.4, 0.5) is 5.69 Å². The van der Waals surface area contributed by atoms with Gasteiger partial charge in [0, 0.05) is 11.3 Å². The summed E-state index contributed by atoms with van der Waals surface area (Å²) in [5.41, 5.74) is 7.21. The van der Waals surface area contributed by atoms with E-state index in [9.17, 15) is 0 Å². The smallest absolute Gasteiger partial charge is 0.183 e. The Morgan fingerprint density at radius 3 is 2.80 bits per heavy atom. The second kappa shape index (κ2) is 5.40. The van der Waals surface area contributed by atoms with Gasteiger partial charge in [0.25, 0.3) is 0 Å². The highest BCUT2D eigenvalue weighted by Gasteiger charge is 2.26. The van der Waals surface area contributed by atoms with Crippen LogP contribution < -0.4 is 5.73 Å². The molecule has 5 nitrogen and oxygen atoms in total. The van der Waals surface area contributed by atoms with Crippen LogP contribution in [0.1, 0.15) is 38.6 Å². The number of nitrogen functional groups attached to an aromatic ring is 1. The summed E-state index contributed by atoms with van der Waals surface area (Å²) in [6, 6.07) is 5.72. The van der Waals surface area contributed by atoms with E-state index in [0.29, 0.717) is 16.6 Å². The first kappa shape index (κ1) is 13.4. The van der Waals surface area contributed by atoms with Crippen molar-refractivity contribution in [1.29, 1.82) is 0 Å². The number of rotatable bonds is 3. The van der Waals surface area contributed by atoms with Gasteiger partial charge in [0.05, 0.1) is 11.1 Å². The van der Waals surface area contributed by atoms with E-state index in [0.717, 1.165) is 11.4 Å². The van der Waals surface area contributed by atoms with Crippen LogP contribution in [0.2, 0.25) is 5.02 Å². The summed E-state index contributed by atoms with van der Waals surface area (Å²) in [7, 11) is 0. The first-order valence-electron chi connectivity index (χ1n) is 7.00. The van der Waals surface area contributed by atoms with E-state index >= 15 is 0 Å². The zero-order valence-electron chi connectivity index (χ0n) is 11.5. The van der Waals surface area contributed by atoms with Gasteiger partial charge < -0.3 is 5.73 Å². The molecule has 0 spiro atoms. The molecule has 1 unspecified atom stereocenters. The van der Waals surface area contributed by atoms with Gasteiger partial charge in [-0.1, -0.05) is 24.4 Å². The summed E-state index contributed by atoms with van der Waals surface area (Å²) in [5, 5.41) is 12.7. The second-order valence-corrected chi connectivity index (χ2v) is 5.88. The SMILES string of the molecule is CC(C1CCCC1)n1nnnc1-c1ccc(N)cc1Cl. The fourth-order valence-electron chi connectivity index (χ4n) is 3.00. The highest BCUT2D eigenvalue weighted by atomic mass is 35.5. The molecular formula is C14H18ClN5. The summed E-state index contributed by atoms with van der Waals surface area (Å²) in [5.74, 6) is 1.36. The summed E-state index contributed by atoms with van der Waals surface area (Å²) in [4.78, 5) is 0. The van der Waals surface area contributed by atoms with Crippen LogP contribution in [0.3, 0.4) is 0 Å². The number of tetrazole rings is 1. The lowest BCUT2D eigenvalue weighted by Crippen LogP contribution is -2.16. The van der Waals surface area contributed by atoms with E-state index in [1.165, 1.54) is 25.7 Å². The first-order chi connectivity index (χ1) is 9.66. The molecule has 1 aromatic heterocycles. The summed E-state index contributed by atoms with van der Waals surface area (Å²) in [6.07, 6.45) is 5.09. The predicted molar refractivity (Wildman–Crippen MR) is 79.3 cm³/mol. The van der Waals surface area contributed by atoms with Crippen LogP contribution in [-0.2, 0) is 0 Å². The monoisotopic (exact) mass is 291 g/mol. The van der Waals surface area contributed by atoms with Crippen molar-refractivity contribution < 1.29 is 0 Å². The van der Waals surface area contributed by atoms with E-state index < -0.39 is 0 Å². The third-order valence-corrected chi connectivity index (χ3v) is 4.51. The number of hydrogen-bond donors (Lipinski definition) is 1. The maximum absolute atomic E-state index is 6.27. The molecule has 1 aliphatic rings. The van der Waals surface area contributed by atoms with Gasteiger partial charge in [-0.25, -0.2) is 4.68 Å². The number of halogens is 1. The van der Waals surface area contributed by atoms with Crippen molar-refractivity contribution in [2.75, 3.05) is 5.73 Å². The molecule has 1 fully saturated rings. The minimum Gasteiger partial charge on any atom is -0.399 e. The molecule has 1 saturated carbocycles. The third kappa shape index (κ3) is 2.38. The van der Waals surface area contributed by atoms with Gasteiger partial charge in [0.15, 0.2) is 5.82 Å². The van der Waals surface area contributed by atoms with Gasteiger partial charge in [-0.15, -0.1) is 5.10 Å². The molecule has 1 aliphatic carbocycles. The van der Waals surface area contributed by atoms with Crippen molar-refractivity contribution in [3.63, 3.8) is 0 Å². The molecule has 0 amide bonds. The van der Waals surface area contributed by atoms with Crippen molar-refractivity contribution in [2.24, 2.45) is 5.92 Å². The molecule has 106 valence electrons. The van der Waals surface area contributed by atoms with Crippen molar-refractivity contribution in [2.45, 2.75) is 38.6 Å². The van der Waals surface area contributed by atoms with Gasteiger partial charge in [0.2, 0.25) is 0 Å². The third-order valence-electron chi connectivity index (χ3n) is 4.19. The van der Waals surface area contributed by atoms with Gasteiger partial charge in [0.1, 0.15) is 0 Å². The maximum atomic E-state index is 6.27. The molecule has 1 heterocycles. The molecule has 6 heteroatoms. The zero-order chi connectivity index (χ0) is 14.1. The zero-order valence-corrected chi connectivity index (χ0v) is 12.2. The average molecular weight is 292 g/mol. The summed E-state index contributed by atoms with van der Waals surface area (Å²) in [6.45, 7) is 2.18. The first-order valence-corrected chi connectivity index (χ1v) is 7.38. The lowest BCUT2D eigenvalue weighted by Gasteiger charge is -2.20. The molecule has 2 N–H and O–H groups in total. The van der Waals surface area contributed by atoms with E-state index in [2.05, 4.69) is 22.4 Å². The molecule has 0 aliphatic heterocycles. The molecule has 0 saturated heterocycles. The minimum absolute atomic E-state index is 0.288. The van der Waals surface area contributed by atoms with Crippen LogP contribution in [0.15, 0.2) is 18.2 Å². The van der Waals surface area contributed by atoms with Crippen molar-refractivity contribution in [3.05, 3.63) is 23.2 Å². The highest BCUT2D eigenvalue weighted by Crippen LogP contribution is 2.36. The minimum atomic E-state index is 0.288. The predicted octanol–water partition coefficient (Wildman–Crippen LogP) is 3.33. The van der Waals surface area contributed by atoms with Crippen LogP contribution in [-0.4, -0.2) is 20.2 Å². The van der Waals surface area contributed by atoms with E-state index in [4.69, 9.17) is 17.3 Å². The number of benzene rings is 1. The standard InChI is InChI=1S/C14H18ClN5/c1-9(10-4-2-3-5-10)20-14(17-18-19-20)12-7-6-11(16)8-13(12)15/h6-10H,2-5,16H2,1H3. The molecule has 0 radical (unpaired) electrons. The van der Waals surface area contributed by atoms with Crippen LogP contribution in [0.25, 0.3) is 11.4 Å². The fourth-order valence-corrected chi connectivity index (χ4v) is 3.27. The topological polar surface area (TPSA) is 69.6 Å². The Kier molecular flexibility index (Phi) is 3.61. The lowest BCUT2D eigenvalue weighted by molar-refractivity contribution is 0.332. The van der Waals surface area contributed by atoms with Crippen molar-refractivity contribution in [3.8, 4) is 11.4 Å². The Morgan fingerprint density at radius 1 is 1.35 bits per heavy atom. The number of aromatic nitrogens is 4. The van der Waals surface area contributed by atoms with E-state index in [-0.39, 0.29) is 6.04 Å². The Hall–Kier alpha value is -1.62. The van der Waals surface area contributed by atoms with Crippen molar-refractivity contribution >= 4 is 17.3 Å². The van der Waals surface area contributed by atoms with E-state index in [1.807, 2.05) is 16.8 Å². The Morgan fingerprint density at radius 2 is 2.10 bits per heavy atom. The quantitative estimate of drug-likeness (QED) is 0.881. The Balaban J connectivity index is 1.97. The summed E-state index contributed by atoms with van der Waals surface area (Å²) >= 11 is 6.27. The maximum Gasteiger partial charge on any atom is 0.183 e. The largest absolute Gasteiger partial charge is 0.399 e. The van der Waals surface area contributed by atoms with Crippen LogP contribution >= 0.6 is 11.6 Å². The highest BCUT2D eigenvalue weighted by molar-refractivity contribution is 6.33. The van der Waals surface area contributed by atoms with Crippen molar-refractivity contribution in [1.82, 2.24) is 20.2 Å². The fraction of sp³-hybridized carbons (Fsp3) is 0.500. The molecule has 2 aromatic rings. The van der Waals surface area contributed by atoms with Crippen LogP contribution in [0.5, 0.6) is 0 Å². The second-order valence-electron chi connectivity index (χ2n) is 5.47. The summed E-state index contributed by atoms with van der Waals surface area (Å²) < 4.78 is 1.90. The molecule has 20 heavy (non-hydrogen) atoms. The lowest BCUT2D eigenvalue weighted by atomic mass is 9.99. The molecule has 0 bridgehead atoms. The Labute approximate surface area is 123 Å². The van der Waals surface area contributed by atoms with Gasteiger partial charge in [-0.05, 0) is 54.3 Å².